The molecule has 1 atom stereocenters. The van der Waals surface area contributed by atoms with E-state index in [0.717, 1.165) is 22.6 Å². The zero-order valence-electron chi connectivity index (χ0n) is 14.0. The molecule has 0 bridgehead atoms. The average Bonchev–Trinajstić information content (AvgIpc) is 3.14. The number of nitrogens with one attached hydrogen (secondary N) is 1. The summed E-state index contributed by atoms with van der Waals surface area (Å²) >= 11 is 0. The molecule has 0 saturated carbocycles. The van der Waals surface area contributed by atoms with Crippen molar-refractivity contribution in [2.75, 3.05) is 18.1 Å². The number of amides is 2. The number of aromatic nitrogens is 2. The van der Waals surface area contributed by atoms with Crippen LogP contribution in [0.1, 0.15) is 18.2 Å². The number of fused-ring (bicyclic) bond motifs is 3. The van der Waals surface area contributed by atoms with Gasteiger partial charge in [-0.15, -0.1) is 0 Å². The Morgan fingerprint density at radius 1 is 1.50 bits per heavy atom. The van der Waals surface area contributed by atoms with Crippen LogP contribution in [0, 0.1) is 5.82 Å². The summed E-state index contributed by atoms with van der Waals surface area (Å²) in [5.74, 6) is -1.44. The minimum atomic E-state index is -1.10. The van der Waals surface area contributed by atoms with Crippen molar-refractivity contribution in [2.24, 2.45) is 5.73 Å². The fraction of sp³-hybridized carbons (Fsp3) is 0.353. The molecular formula is C17H17FN4O4. The van der Waals surface area contributed by atoms with Crippen molar-refractivity contribution in [3.8, 4) is 17.0 Å². The molecule has 2 aliphatic rings. The number of aromatic amines is 1. The van der Waals surface area contributed by atoms with Crippen molar-refractivity contribution < 1.29 is 23.5 Å². The van der Waals surface area contributed by atoms with Gasteiger partial charge in [0.05, 0.1) is 24.5 Å². The first-order chi connectivity index (χ1) is 12.5. The van der Waals surface area contributed by atoms with Gasteiger partial charge >= 0.3 is 6.09 Å². The van der Waals surface area contributed by atoms with Gasteiger partial charge in [-0.2, -0.15) is 5.10 Å². The number of anilines is 1. The van der Waals surface area contributed by atoms with E-state index in [4.69, 9.17) is 15.2 Å². The summed E-state index contributed by atoms with van der Waals surface area (Å²) in [6, 6.07) is 3.11. The lowest BCUT2D eigenvalue weighted by Gasteiger charge is -2.17. The molecule has 1 saturated heterocycles. The summed E-state index contributed by atoms with van der Waals surface area (Å²) in [7, 11) is 0. The topological polar surface area (TPSA) is 111 Å². The fourth-order valence-electron chi connectivity index (χ4n) is 3.33. The van der Waals surface area contributed by atoms with Crippen molar-refractivity contribution in [1.29, 1.82) is 0 Å². The Morgan fingerprint density at radius 3 is 3.00 bits per heavy atom. The minimum Gasteiger partial charge on any atom is -0.489 e. The normalized spacial score (nSPS) is 18.6. The standard InChI is InChI=1S/C17H17FN4O4/c1-2-10-8-5-6-25-15-9(14(8)21-20-10)3-4-11(13(15)18)22-7-12(16(19)23)26-17(22)24/h3-4,12H,2,5-7H2,1H3,(H2,19,23)(H,20,21)/t12-/m1/s1. The largest absolute Gasteiger partial charge is 0.489 e. The van der Waals surface area contributed by atoms with Crippen LogP contribution < -0.4 is 15.4 Å². The molecule has 0 aliphatic carbocycles. The second-order valence-electron chi connectivity index (χ2n) is 6.14. The molecule has 0 unspecified atom stereocenters. The van der Waals surface area contributed by atoms with E-state index in [-0.39, 0.29) is 18.0 Å². The van der Waals surface area contributed by atoms with Crippen LogP contribution in [-0.2, 0) is 22.4 Å². The number of nitrogens with two attached hydrogens (primary N) is 1. The van der Waals surface area contributed by atoms with Gasteiger partial charge in [0.2, 0.25) is 0 Å². The van der Waals surface area contributed by atoms with Gasteiger partial charge in [0.1, 0.15) is 0 Å². The number of ether oxygens (including phenoxy) is 2. The third-order valence-electron chi connectivity index (χ3n) is 4.66. The maximum absolute atomic E-state index is 15.1. The van der Waals surface area contributed by atoms with Crippen LogP contribution >= 0.6 is 0 Å². The summed E-state index contributed by atoms with van der Waals surface area (Å²) < 4.78 is 25.6. The number of cyclic esters (lactones) is 1. The molecule has 0 spiro atoms. The van der Waals surface area contributed by atoms with Gasteiger partial charge in [0.25, 0.3) is 5.91 Å². The number of hydrogen-bond donors (Lipinski definition) is 2. The van der Waals surface area contributed by atoms with Crippen molar-refractivity contribution in [3.05, 3.63) is 29.2 Å². The molecule has 2 aliphatic heterocycles. The van der Waals surface area contributed by atoms with E-state index in [1.165, 1.54) is 6.07 Å². The van der Waals surface area contributed by atoms with Gasteiger partial charge in [-0.3, -0.25) is 14.8 Å². The van der Waals surface area contributed by atoms with Gasteiger partial charge in [-0.25, -0.2) is 9.18 Å². The van der Waals surface area contributed by atoms with E-state index in [1.807, 2.05) is 6.92 Å². The third kappa shape index (κ3) is 2.39. The van der Waals surface area contributed by atoms with E-state index in [9.17, 15) is 9.59 Å². The quantitative estimate of drug-likeness (QED) is 0.862. The van der Waals surface area contributed by atoms with Crippen LogP contribution in [0.25, 0.3) is 11.3 Å². The summed E-state index contributed by atoms with van der Waals surface area (Å²) in [4.78, 5) is 24.3. The molecular weight excluding hydrogens is 343 g/mol. The Kier molecular flexibility index (Phi) is 3.78. The molecule has 0 radical (unpaired) electrons. The smallest absolute Gasteiger partial charge is 0.415 e. The van der Waals surface area contributed by atoms with E-state index in [0.29, 0.717) is 24.3 Å². The highest BCUT2D eigenvalue weighted by Gasteiger charge is 2.38. The first kappa shape index (κ1) is 16.4. The number of nitrogens with zero attached hydrogens (tertiary/aromatic N) is 2. The molecule has 26 heavy (non-hydrogen) atoms. The maximum atomic E-state index is 15.1. The Hall–Kier alpha value is -3.10. The predicted molar refractivity (Wildman–Crippen MR) is 89.4 cm³/mol. The monoisotopic (exact) mass is 360 g/mol. The number of carbonyl (C=O) groups excluding carboxylic acids is 2. The average molecular weight is 360 g/mol. The van der Waals surface area contributed by atoms with Crippen molar-refractivity contribution in [3.63, 3.8) is 0 Å². The number of hydrogen-bond acceptors (Lipinski definition) is 5. The number of aryl methyl sites for hydroxylation is 1. The van der Waals surface area contributed by atoms with Gasteiger partial charge in [-0.1, -0.05) is 6.92 Å². The molecule has 1 aromatic carbocycles. The molecule has 2 aromatic rings. The number of halogens is 1. The van der Waals surface area contributed by atoms with Gasteiger partial charge < -0.3 is 15.2 Å². The molecule has 1 aromatic heterocycles. The molecule has 3 N–H and O–H groups in total. The first-order valence-corrected chi connectivity index (χ1v) is 8.30. The molecule has 8 nitrogen and oxygen atoms in total. The highest BCUT2D eigenvalue weighted by molar-refractivity contribution is 5.96. The van der Waals surface area contributed by atoms with Gasteiger partial charge in [0.15, 0.2) is 17.7 Å². The van der Waals surface area contributed by atoms with E-state index in [2.05, 4.69) is 10.2 Å². The number of primary amides is 1. The fourth-order valence-corrected chi connectivity index (χ4v) is 3.33. The summed E-state index contributed by atoms with van der Waals surface area (Å²) in [5.41, 5.74) is 8.32. The molecule has 136 valence electrons. The van der Waals surface area contributed by atoms with Crippen LogP contribution in [0.4, 0.5) is 14.9 Å². The van der Waals surface area contributed by atoms with Crippen LogP contribution in [-0.4, -0.2) is 41.5 Å². The van der Waals surface area contributed by atoms with Crippen molar-refractivity contribution >= 4 is 17.7 Å². The zero-order valence-corrected chi connectivity index (χ0v) is 14.0. The maximum Gasteiger partial charge on any atom is 0.415 e. The van der Waals surface area contributed by atoms with Gasteiger partial charge in [-0.05, 0) is 18.6 Å². The molecule has 1 fully saturated rings. The van der Waals surface area contributed by atoms with Crippen LogP contribution in [0.2, 0.25) is 0 Å². The number of carbonyl (C=O) groups is 2. The Labute approximate surface area is 148 Å². The number of H-pyrrole nitrogens is 1. The summed E-state index contributed by atoms with van der Waals surface area (Å²) in [6.45, 7) is 2.16. The van der Waals surface area contributed by atoms with Crippen LogP contribution in [0.15, 0.2) is 12.1 Å². The minimum absolute atomic E-state index is 0.0211. The van der Waals surface area contributed by atoms with Crippen molar-refractivity contribution in [1.82, 2.24) is 10.2 Å². The predicted octanol–water partition coefficient (Wildman–Crippen LogP) is 1.52. The molecule has 4 rings (SSSR count). The molecule has 2 amide bonds. The Balaban J connectivity index is 1.77. The van der Waals surface area contributed by atoms with Gasteiger partial charge in [0, 0.05) is 23.2 Å². The molecule has 9 heteroatoms. The van der Waals surface area contributed by atoms with E-state index in [1.54, 1.807) is 6.07 Å². The van der Waals surface area contributed by atoms with E-state index < -0.39 is 23.9 Å². The summed E-state index contributed by atoms with van der Waals surface area (Å²) in [6.07, 6.45) is -0.540. The number of benzene rings is 1. The summed E-state index contributed by atoms with van der Waals surface area (Å²) in [5, 5.41) is 7.29. The molecule has 3 heterocycles. The Morgan fingerprint density at radius 2 is 2.31 bits per heavy atom. The highest BCUT2D eigenvalue weighted by atomic mass is 19.1. The Bertz CT molecular complexity index is 910. The third-order valence-corrected chi connectivity index (χ3v) is 4.66. The highest BCUT2D eigenvalue weighted by Crippen LogP contribution is 2.41. The zero-order chi connectivity index (χ0) is 18.4. The lowest BCUT2D eigenvalue weighted by molar-refractivity contribution is -0.124. The second kappa shape index (κ2) is 6.01. The lowest BCUT2D eigenvalue weighted by Crippen LogP contribution is -2.32. The van der Waals surface area contributed by atoms with Crippen LogP contribution in [0.5, 0.6) is 5.75 Å². The SMILES string of the molecule is CCc1[nH]nc2c1CCOc1c-2ccc(N2C[C@H](C(N)=O)OC2=O)c1F. The first-order valence-electron chi connectivity index (χ1n) is 8.30. The lowest BCUT2D eigenvalue weighted by atomic mass is 10.0. The number of rotatable bonds is 3. The van der Waals surface area contributed by atoms with Crippen molar-refractivity contribution in [2.45, 2.75) is 25.9 Å². The van der Waals surface area contributed by atoms with Crippen LogP contribution in [0.3, 0.4) is 0 Å². The second-order valence-corrected chi connectivity index (χ2v) is 6.14. The van der Waals surface area contributed by atoms with E-state index >= 15 is 4.39 Å².